The van der Waals surface area contributed by atoms with Crippen molar-refractivity contribution in [3.05, 3.63) is 29.6 Å². The van der Waals surface area contributed by atoms with Crippen molar-refractivity contribution >= 4 is 0 Å². The van der Waals surface area contributed by atoms with E-state index in [9.17, 15) is 0 Å². The Hall–Kier alpha value is -1.33. The molecule has 2 heteroatoms. The number of rotatable bonds is 1. The van der Waals surface area contributed by atoms with Crippen LogP contribution < -0.4 is 5.73 Å². The van der Waals surface area contributed by atoms with Crippen LogP contribution in [-0.2, 0) is 0 Å². The number of terminal acetylenes is 1. The molecule has 0 aliphatic carbocycles. The fourth-order valence-corrected chi connectivity index (χ4v) is 0.902. The summed E-state index contributed by atoms with van der Waals surface area (Å²) >= 11 is 0. The van der Waals surface area contributed by atoms with Crippen molar-refractivity contribution < 1.29 is 0 Å². The fraction of sp³-hybridized carbons (Fsp3) is 0.222. The van der Waals surface area contributed by atoms with E-state index < -0.39 is 0 Å². The average Bonchev–Trinajstić information content (AvgIpc) is 2.04. The summed E-state index contributed by atoms with van der Waals surface area (Å²) in [5.74, 6) is 2.53. The monoisotopic (exact) mass is 146 g/mol. The van der Waals surface area contributed by atoms with Crippen LogP contribution in [0.3, 0.4) is 0 Å². The van der Waals surface area contributed by atoms with Gasteiger partial charge in [0.25, 0.3) is 0 Å². The van der Waals surface area contributed by atoms with Gasteiger partial charge in [-0.3, -0.25) is 4.98 Å². The average molecular weight is 146 g/mol. The van der Waals surface area contributed by atoms with Crippen LogP contribution in [0.2, 0.25) is 0 Å². The third-order valence-corrected chi connectivity index (χ3v) is 1.43. The van der Waals surface area contributed by atoms with Crippen molar-refractivity contribution in [1.29, 1.82) is 0 Å². The van der Waals surface area contributed by atoms with Crippen LogP contribution in [-0.4, -0.2) is 4.98 Å². The summed E-state index contributed by atoms with van der Waals surface area (Å²) in [5, 5.41) is 0. The maximum atomic E-state index is 5.63. The van der Waals surface area contributed by atoms with Crippen molar-refractivity contribution in [3.8, 4) is 12.3 Å². The van der Waals surface area contributed by atoms with E-state index in [-0.39, 0.29) is 6.04 Å². The van der Waals surface area contributed by atoms with E-state index in [1.54, 1.807) is 12.3 Å². The van der Waals surface area contributed by atoms with E-state index in [2.05, 4.69) is 10.9 Å². The van der Waals surface area contributed by atoms with E-state index in [1.807, 2.05) is 13.0 Å². The summed E-state index contributed by atoms with van der Waals surface area (Å²) in [6, 6.07) is 3.55. The van der Waals surface area contributed by atoms with Crippen LogP contribution in [0.5, 0.6) is 0 Å². The Morgan fingerprint density at radius 1 is 1.73 bits per heavy atom. The van der Waals surface area contributed by atoms with Crippen molar-refractivity contribution in [2.75, 3.05) is 0 Å². The normalized spacial score (nSPS) is 12.1. The van der Waals surface area contributed by atoms with Crippen molar-refractivity contribution in [2.24, 2.45) is 5.73 Å². The molecule has 56 valence electrons. The standard InChI is InChI=1S/C9H10N2/c1-3-8-5-4-6-11-9(8)7(2)10/h1,4-7H,10H2,2H3/t7-/m0/s1. The molecule has 1 aromatic heterocycles. The molecule has 1 rings (SSSR count). The van der Waals surface area contributed by atoms with Gasteiger partial charge in [0.2, 0.25) is 0 Å². The van der Waals surface area contributed by atoms with Gasteiger partial charge in [0, 0.05) is 17.8 Å². The van der Waals surface area contributed by atoms with Gasteiger partial charge in [-0.2, -0.15) is 0 Å². The van der Waals surface area contributed by atoms with Gasteiger partial charge in [0.1, 0.15) is 0 Å². The van der Waals surface area contributed by atoms with Crippen LogP contribution in [0.4, 0.5) is 0 Å². The molecule has 0 radical (unpaired) electrons. The summed E-state index contributed by atoms with van der Waals surface area (Å²) in [7, 11) is 0. The van der Waals surface area contributed by atoms with E-state index in [0.29, 0.717) is 0 Å². The van der Waals surface area contributed by atoms with E-state index in [0.717, 1.165) is 11.3 Å². The predicted molar refractivity (Wildman–Crippen MR) is 44.8 cm³/mol. The SMILES string of the molecule is C#Cc1cccnc1[C@H](C)N. The van der Waals surface area contributed by atoms with Crippen LogP contribution in [0.25, 0.3) is 0 Å². The summed E-state index contributed by atoms with van der Waals surface area (Å²) in [6.07, 6.45) is 6.94. The smallest absolute Gasteiger partial charge is 0.0724 e. The van der Waals surface area contributed by atoms with Gasteiger partial charge < -0.3 is 5.73 Å². The molecular weight excluding hydrogens is 136 g/mol. The molecule has 1 heterocycles. The number of pyridine rings is 1. The minimum absolute atomic E-state index is 0.0951. The molecule has 0 spiro atoms. The number of hydrogen-bond acceptors (Lipinski definition) is 2. The first kappa shape index (κ1) is 7.77. The highest BCUT2D eigenvalue weighted by molar-refractivity contribution is 5.36. The molecule has 0 bridgehead atoms. The Morgan fingerprint density at radius 2 is 2.45 bits per heavy atom. The molecule has 2 N–H and O–H groups in total. The third-order valence-electron chi connectivity index (χ3n) is 1.43. The van der Waals surface area contributed by atoms with Gasteiger partial charge in [-0.1, -0.05) is 5.92 Å². The van der Waals surface area contributed by atoms with Crippen molar-refractivity contribution in [1.82, 2.24) is 4.98 Å². The zero-order chi connectivity index (χ0) is 8.27. The maximum Gasteiger partial charge on any atom is 0.0724 e. The lowest BCUT2D eigenvalue weighted by atomic mass is 10.1. The molecule has 0 aromatic carbocycles. The molecule has 1 atom stereocenters. The second kappa shape index (κ2) is 3.18. The van der Waals surface area contributed by atoms with Crippen molar-refractivity contribution in [2.45, 2.75) is 13.0 Å². The number of hydrogen-bond donors (Lipinski definition) is 1. The number of nitrogens with zero attached hydrogens (tertiary/aromatic N) is 1. The van der Waals surface area contributed by atoms with Crippen LogP contribution in [0, 0.1) is 12.3 Å². The van der Waals surface area contributed by atoms with Gasteiger partial charge in [-0.25, -0.2) is 0 Å². The number of nitrogens with two attached hydrogens (primary N) is 1. The van der Waals surface area contributed by atoms with E-state index >= 15 is 0 Å². The molecule has 0 saturated carbocycles. The summed E-state index contributed by atoms with van der Waals surface area (Å²) in [6.45, 7) is 1.86. The largest absolute Gasteiger partial charge is 0.323 e. The zero-order valence-electron chi connectivity index (χ0n) is 6.41. The molecule has 0 aliphatic heterocycles. The molecular formula is C9H10N2. The van der Waals surface area contributed by atoms with Crippen LogP contribution in [0.15, 0.2) is 18.3 Å². The van der Waals surface area contributed by atoms with Gasteiger partial charge in [-0.15, -0.1) is 6.42 Å². The lowest BCUT2D eigenvalue weighted by molar-refractivity contribution is 0.778. The first-order chi connectivity index (χ1) is 5.25. The molecule has 2 nitrogen and oxygen atoms in total. The second-order valence-electron chi connectivity index (χ2n) is 2.37. The topological polar surface area (TPSA) is 38.9 Å². The van der Waals surface area contributed by atoms with E-state index in [1.165, 1.54) is 0 Å². The molecule has 1 aromatic rings. The van der Waals surface area contributed by atoms with E-state index in [4.69, 9.17) is 12.2 Å². The molecule has 0 saturated heterocycles. The van der Waals surface area contributed by atoms with Gasteiger partial charge >= 0.3 is 0 Å². The lowest BCUT2D eigenvalue weighted by Gasteiger charge is -2.05. The second-order valence-corrected chi connectivity index (χ2v) is 2.37. The van der Waals surface area contributed by atoms with Gasteiger partial charge in [0.15, 0.2) is 0 Å². The molecule has 0 fully saturated rings. The lowest BCUT2D eigenvalue weighted by Crippen LogP contribution is -2.09. The number of aromatic nitrogens is 1. The van der Waals surface area contributed by atoms with Gasteiger partial charge in [-0.05, 0) is 19.1 Å². The molecule has 0 aliphatic rings. The highest BCUT2D eigenvalue weighted by Gasteiger charge is 2.04. The molecule has 0 unspecified atom stereocenters. The maximum absolute atomic E-state index is 5.63. The fourth-order valence-electron chi connectivity index (χ4n) is 0.902. The Labute approximate surface area is 66.4 Å². The van der Waals surface area contributed by atoms with Crippen molar-refractivity contribution in [3.63, 3.8) is 0 Å². The highest BCUT2D eigenvalue weighted by Crippen LogP contribution is 2.10. The quantitative estimate of drug-likeness (QED) is 0.602. The van der Waals surface area contributed by atoms with Crippen LogP contribution >= 0.6 is 0 Å². The zero-order valence-corrected chi connectivity index (χ0v) is 6.41. The Bertz CT molecular complexity index is 284. The summed E-state index contributed by atoms with van der Waals surface area (Å²) in [4.78, 5) is 4.08. The minimum Gasteiger partial charge on any atom is -0.323 e. The predicted octanol–water partition coefficient (Wildman–Crippen LogP) is 1.08. The third kappa shape index (κ3) is 1.57. The van der Waals surface area contributed by atoms with Gasteiger partial charge in [0.05, 0.1) is 5.69 Å². The summed E-state index contributed by atoms with van der Waals surface area (Å²) in [5.41, 5.74) is 7.20. The Balaban J connectivity index is 3.15. The Morgan fingerprint density at radius 3 is 2.91 bits per heavy atom. The summed E-state index contributed by atoms with van der Waals surface area (Å²) < 4.78 is 0. The minimum atomic E-state index is -0.0951. The highest BCUT2D eigenvalue weighted by atomic mass is 14.8. The van der Waals surface area contributed by atoms with Crippen LogP contribution in [0.1, 0.15) is 24.2 Å². The Kier molecular flexibility index (Phi) is 2.25. The first-order valence-electron chi connectivity index (χ1n) is 3.43. The molecule has 11 heavy (non-hydrogen) atoms. The first-order valence-corrected chi connectivity index (χ1v) is 3.43. The molecule has 0 amide bonds.